The molecule has 3 rings (SSSR count). The summed E-state index contributed by atoms with van der Waals surface area (Å²) in [5, 5.41) is 11.0. The van der Waals surface area contributed by atoms with E-state index in [0.29, 0.717) is 23.3 Å². The third-order valence-electron chi connectivity index (χ3n) is 3.58. The average Bonchev–Trinajstić information content (AvgIpc) is 2.85. The van der Waals surface area contributed by atoms with Crippen LogP contribution >= 0.6 is 0 Å². The number of carbonyl (C=O) groups excluding carboxylic acids is 1. The van der Waals surface area contributed by atoms with Crippen molar-refractivity contribution in [3.05, 3.63) is 18.0 Å². The van der Waals surface area contributed by atoms with Crippen molar-refractivity contribution in [1.82, 2.24) is 9.97 Å². The molecule has 20 heavy (non-hydrogen) atoms. The molecule has 0 aromatic carbocycles. The fraction of sp³-hybridized carbons (Fsp3) is 0.385. The van der Waals surface area contributed by atoms with Gasteiger partial charge in [-0.2, -0.15) is 0 Å². The SMILES string of the molecule is NC(=O)c1nc2[nH]c[c]c2c(N2CCC[C@@H](N)C2)c1O. The number of nitrogens with one attached hydrogen (secondary N) is 1. The molecule has 1 radical (unpaired) electrons. The number of fused-ring (bicyclic) bond motifs is 1. The number of pyridine rings is 1. The van der Waals surface area contributed by atoms with E-state index < -0.39 is 5.91 Å². The van der Waals surface area contributed by atoms with Gasteiger partial charge in [-0.25, -0.2) is 4.98 Å². The van der Waals surface area contributed by atoms with Gasteiger partial charge in [0, 0.05) is 31.4 Å². The zero-order valence-corrected chi connectivity index (χ0v) is 10.9. The highest BCUT2D eigenvalue weighted by molar-refractivity contribution is 6.02. The highest BCUT2D eigenvalue weighted by Crippen LogP contribution is 2.37. The van der Waals surface area contributed by atoms with Crippen LogP contribution in [-0.4, -0.2) is 40.1 Å². The minimum Gasteiger partial charge on any atom is -0.504 e. The Morgan fingerprint density at radius 2 is 2.40 bits per heavy atom. The smallest absolute Gasteiger partial charge is 0.271 e. The van der Waals surface area contributed by atoms with Gasteiger partial charge in [-0.3, -0.25) is 4.79 Å². The van der Waals surface area contributed by atoms with E-state index in [2.05, 4.69) is 16.0 Å². The molecule has 1 fully saturated rings. The zero-order chi connectivity index (χ0) is 14.3. The third-order valence-corrected chi connectivity index (χ3v) is 3.58. The molecular weight excluding hydrogens is 258 g/mol. The Bertz CT molecular complexity index is 666. The number of amides is 1. The van der Waals surface area contributed by atoms with Gasteiger partial charge in [0.25, 0.3) is 5.91 Å². The average molecular weight is 274 g/mol. The second kappa shape index (κ2) is 4.68. The van der Waals surface area contributed by atoms with Gasteiger partial charge >= 0.3 is 0 Å². The molecule has 0 spiro atoms. The highest BCUT2D eigenvalue weighted by Gasteiger charge is 2.26. The fourth-order valence-electron chi connectivity index (χ4n) is 2.67. The minimum atomic E-state index is -0.762. The number of nitrogens with two attached hydrogens (primary N) is 2. The van der Waals surface area contributed by atoms with E-state index in [-0.39, 0.29) is 17.5 Å². The predicted molar refractivity (Wildman–Crippen MR) is 74.5 cm³/mol. The van der Waals surface area contributed by atoms with Crippen LogP contribution in [0.1, 0.15) is 23.3 Å². The van der Waals surface area contributed by atoms with Crippen molar-refractivity contribution in [2.24, 2.45) is 11.5 Å². The van der Waals surface area contributed by atoms with E-state index in [0.717, 1.165) is 19.4 Å². The number of H-pyrrole nitrogens is 1. The van der Waals surface area contributed by atoms with Crippen molar-refractivity contribution in [2.75, 3.05) is 18.0 Å². The molecule has 0 unspecified atom stereocenters. The first-order chi connectivity index (χ1) is 9.58. The quantitative estimate of drug-likeness (QED) is 0.618. The summed E-state index contributed by atoms with van der Waals surface area (Å²) in [5.74, 6) is -0.962. The molecule has 1 aliphatic heterocycles. The molecule has 1 aliphatic rings. The Morgan fingerprint density at radius 3 is 3.10 bits per heavy atom. The van der Waals surface area contributed by atoms with Crippen molar-refractivity contribution in [3.63, 3.8) is 0 Å². The van der Waals surface area contributed by atoms with E-state index >= 15 is 0 Å². The number of hydrogen-bond donors (Lipinski definition) is 4. The number of nitrogens with zero attached hydrogens (tertiary/aromatic N) is 2. The number of anilines is 1. The van der Waals surface area contributed by atoms with Crippen LogP contribution in [0.4, 0.5) is 5.69 Å². The zero-order valence-electron chi connectivity index (χ0n) is 10.9. The number of piperidine rings is 1. The molecule has 0 bridgehead atoms. The van der Waals surface area contributed by atoms with Crippen molar-refractivity contribution < 1.29 is 9.90 Å². The van der Waals surface area contributed by atoms with Crippen LogP contribution in [0.15, 0.2) is 6.20 Å². The largest absolute Gasteiger partial charge is 0.504 e. The van der Waals surface area contributed by atoms with Crippen LogP contribution in [0.25, 0.3) is 11.0 Å². The number of primary amides is 1. The summed E-state index contributed by atoms with van der Waals surface area (Å²) in [5.41, 5.74) is 12.1. The molecule has 1 amide bonds. The third kappa shape index (κ3) is 1.96. The first kappa shape index (κ1) is 12.7. The maximum atomic E-state index is 11.4. The number of carbonyl (C=O) groups is 1. The lowest BCUT2D eigenvalue weighted by atomic mass is 10.0. The van der Waals surface area contributed by atoms with Gasteiger partial charge in [0.1, 0.15) is 5.65 Å². The molecule has 2 aromatic heterocycles. The standard InChI is InChI=1S/C13H16N5O2/c14-7-2-1-5-18(6-7)10-8-3-4-16-13(8)17-9(11(10)19)12(15)20/h4,7,19H,1-2,5-6,14H2,(H2,15,20)(H,16,17)/t7-/m1/s1. The monoisotopic (exact) mass is 274 g/mol. The van der Waals surface area contributed by atoms with Crippen LogP contribution in [0.3, 0.4) is 0 Å². The molecule has 105 valence electrons. The van der Waals surface area contributed by atoms with Crippen LogP contribution in [-0.2, 0) is 0 Å². The number of aromatic amines is 1. The lowest BCUT2D eigenvalue weighted by Crippen LogP contribution is -2.43. The van der Waals surface area contributed by atoms with Crippen molar-refractivity contribution in [1.29, 1.82) is 0 Å². The second-order valence-corrected chi connectivity index (χ2v) is 5.03. The van der Waals surface area contributed by atoms with Crippen LogP contribution in [0, 0.1) is 6.07 Å². The van der Waals surface area contributed by atoms with Gasteiger partial charge in [0.05, 0.1) is 11.1 Å². The van der Waals surface area contributed by atoms with E-state index in [1.54, 1.807) is 6.20 Å². The van der Waals surface area contributed by atoms with Gasteiger partial charge in [0.15, 0.2) is 11.4 Å². The Kier molecular flexibility index (Phi) is 2.98. The lowest BCUT2D eigenvalue weighted by Gasteiger charge is -2.33. The molecule has 0 saturated carbocycles. The van der Waals surface area contributed by atoms with Gasteiger partial charge in [0.2, 0.25) is 0 Å². The van der Waals surface area contributed by atoms with Gasteiger partial charge < -0.3 is 26.5 Å². The molecule has 1 atom stereocenters. The number of aromatic nitrogens is 2. The summed E-state index contributed by atoms with van der Waals surface area (Å²) in [6, 6.07) is 3.04. The predicted octanol–water partition coefficient (Wildman–Crippen LogP) is 0.0951. The first-order valence-corrected chi connectivity index (χ1v) is 6.50. The van der Waals surface area contributed by atoms with E-state index in [1.165, 1.54) is 0 Å². The van der Waals surface area contributed by atoms with E-state index in [1.807, 2.05) is 4.90 Å². The van der Waals surface area contributed by atoms with Crippen molar-refractivity contribution in [2.45, 2.75) is 18.9 Å². The molecule has 7 nitrogen and oxygen atoms in total. The fourth-order valence-corrected chi connectivity index (χ4v) is 2.67. The molecule has 1 saturated heterocycles. The van der Waals surface area contributed by atoms with E-state index in [9.17, 15) is 9.90 Å². The highest BCUT2D eigenvalue weighted by atomic mass is 16.3. The summed E-state index contributed by atoms with van der Waals surface area (Å²) >= 11 is 0. The summed E-state index contributed by atoms with van der Waals surface area (Å²) in [6.45, 7) is 1.38. The van der Waals surface area contributed by atoms with Gasteiger partial charge in [-0.1, -0.05) is 0 Å². The van der Waals surface area contributed by atoms with Crippen molar-refractivity contribution in [3.8, 4) is 5.75 Å². The Morgan fingerprint density at radius 1 is 1.60 bits per heavy atom. The van der Waals surface area contributed by atoms with Gasteiger partial charge in [-0.15, -0.1) is 0 Å². The van der Waals surface area contributed by atoms with Crippen LogP contribution in [0.2, 0.25) is 0 Å². The minimum absolute atomic E-state index is 0.0438. The van der Waals surface area contributed by atoms with Crippen molar-refractivity contribution >= 4 is 22.6 Å². The lowest BCUT2D eigenvalue weighted by molar-refractivity contribution is 0.0993. The van der Waals surface area contributed by atoms with Crippen LogP contribution < -0.4 is 16.4 Å². The Hall–Kier alpha value is -2.28. The maximum absolute atomic E-state index is 11.4. The van der Waals surface area contributed by atoms with Gasteiger partial charge in [-0.05, 0) is 12.8 Å². The summed E-state index contributed by atoms with van der Waals surface area (Å²) < 4.78 is 0. The Balaban J connectivity index is 2.19. The molecule has 7 heteroatoms. The molecule has 3 heterocycles. The first-order valence-electron chi connectivity index (χ1n) is 6.50. The summed E-state index contributed by atoms with van der Waals surface area (Å²) in [6.07, 6.45) is 3.47. The molecule has 2 aromatic rings. The number of hydrogen-bond acceptors (Lipinski definition) is 5. The van der Waals surface area contributed by atoms with Crippen LogP contribution in [0.5, 0.6) is 5.75 Å². The normalized spacial score (nSPS) is 19.4. The topological polar surface area (TPSA) is 121 Å². The molecule has 0 aliphatic carbocycles. The molecule has 6 N–H and O–H groups in total. The molecular formula is C13H16N5O2. The number of rotatable bonds is 2. The number of aromatic hydroxyl groups is 1. The maximum Gasteiger partial charge on any atom is 0.271 e. The second-order valence-electron chi connectivity index (χ2n) is 5.03. The van der Waals surface area contributed by atoms with E-state index in [4.69, 9.17) is 11.5 Å². The summed E-state index contributed by atoms with van der Waals surface area (Å²) in [7, 11) is 0. The summed E-state index contributed by atoms with van der Waals surface area (Å²) in [4.78, 5) is 20.3. The Labute approximate surface area is 115 Å².